The maximum atomic E-state index is 12.1. The summed E-state index contributed by atoms with van der Waals surface area (Å²) >= 11 is 0. The van der Waals surface area contributed by atoms with Gasteiger partial charge in [0.25, 0.3) is 0 Å². The van der Waals surface area contributed by atoms with E-state index < -0.39 is 11.9 Å². The number of ether oxygens (including phenoxy) is 6. The molecule has 11 heteroatoms. The zero-order valence-corrected chi connectivity index (χ0v) is 18.6. The number of hydrogen-bond donors (Lipinski definition) is 2. The van der Waals surface area contributed by atoms with Crippen LogP contribution in [0.15, 0.2) is 18.2 Å². The molecule has 0 spiro atoms. The number of nitrogens with one attached hydrogen (secondary N) is 1. The van der Waals surface area contributed by atoms with Crippen molar-refractivity contribution in [2.24, 2.45) is 5.73 Å². The molecule has 0 atom stereocenters. The summed E-state index contributed by atoms with van der Waals surface area (Å²) in [5, 5.41) is 2.62. The lowest BCUT2D eigenvalue weighted by Gasteiger charge is -2.10. The Morgan fingerprint density at radius 1 is 0.719 bits per heavy atom. The predicted molar refractivity (Wildman–Crippen MR) is 115 cm³/mol. The molecular weight excluding hydrogens is 424 g/mol. The van der Waals surface area contributed by atoms with Crippen molar-refractivity contribution >= 4 is 23.5 Å². The van der Waals surface area contributed by atoms with E-state index in [9.17, 15) is 14.4 Å². The van der Waals surface area contributed by atoms with Gasteiger partial charge in [-0.2, -0.15) is 0 Å². The van der Waals surface area contributed by atoms with Gasteiger partial charge in [-0.15, -0.1) is 0 Å². The summed E-state index contributed by atoms with van der Waals surface area (Å²) in [6.45, 7) is 3.76. The molecule has 0 aliphatic rings. The molecule has 0 unspecified atom stereocenters. The Morgan fingerprint density at radius 3 is 1.59 bits per heavy atom. The van der Waals surface area contributed by atoms with Gasteiger partial charge in [0.2, 0.25) is 5.91 Å². The fourth-order valence-corrected chi connectivity index (χ4v) is 2.40. The van der Waals surface area contributed by atoms with Crippen LogP contribution < -0.4 is 11.1 Å². The Labute approximate surface area is 187 Å². The number of esters is 2. The van der Waals surface area contributed by atoms with Crippen LogP contribution in [0, 0.1) is 0 Å². The van der Waals surface area contributed by atoms with Crippen LogP contribution >= 0.6 is 0 Å². The highest BCUT2D eigenvalue weighted by atomic mass is 16.6. The van der Waals surface area contributed by atoms with Crippen molar-refractivity contribution in [1.82, 2.24) is 0 Å². The second-order valence-corrected chi connectivity index (χ2v) is 6.32. The Balaban J connectivity index is 2.24. The molecule has 0 fully saturated rings. The molecule has 11 nitrogen and oxygen atoms in total. The van der Waals surface area contributed by atoms with E-state index in [1.807, 2.05) is 0 Å². The van der Waals surface area contributed by atoms with Crippen LogP contribution in [-0.4, -0.2) is 91.5 Å². The number of hydrogen-bond acceptors (Lipinski definition) is 10. The Morgan fingerprint density at radius 2 is 1.16 bits per heavy atom. The third-order valence-electron chi connectivity index (χ3n) is 3.91. The van der Waals surface area contributed by atoms with Crippen LogP contribution in [0.4, 0.5) is 5.69 Å². The second-order valence-electron chi connectivity index (χ2n) is 6.32. The third kappa shape index (κ3) is 11.7. The highest BCUT2D eigenvalue weighted by Gasteiger charge is 2.15. The van der Waals surface area contributed by atoms with E-state index in [1.54, 1.807) is 0 Å². The van der Waals surface area contributed by atoms with Gasteiger partial charge in [-0.05, 0) is 18.2 Å². The smallest absolute Gasteiger partial charge is 0.337 e. The predicted octanol–water partition coefficient (Wildman–Crippen LogP) is 0.614. The highest BCUT2D eigenvalue weighted by molar-refractivity contribution is 5.99. The van der Waals surface area contributed by atoms with Crippen molar-refractivity contribution in [2.45, 2.75) is 6.42 Å². The first-order valence-corrected chi connectivity index (χ1v) is 10.1. The standard InChI is InChI=1S/C21H32N2O9/c1-27-20(25)16-13-17(21(26)28-2)15-18(14-16)23-19(24)3-5-29-7-9-31-11-12-32-10-8-30-6-4-22/h13-15H,3-12,22H2,1-2H3,(H,23,24). The van der Waals surface area contributed by atoms with Crippen molar-refractivity contribution in [3.8, 4) is 0 Å². The summed E-state index contributed by atoms with van der Waals surface area (Å²) in [6, 6.07) is 4.16. The topological polar surface area (TPSA) is 145 Å². The number of nitrogens with two attached hydrogens (primary N) is 1. The van der Waals surface area contributed by atoms with Crippen LogP contribution in [0.3, 0.4) is 0 Å². The van der Waals surface area contributed by atoms with E-state index in [1.165, 1.54) is 32.4 Å². The lowest BCUT2D eigenvalue weighted by Crippen LogP contribution is -2.17. The van der Waals surface area contributed by atoms with E-state index >= 15 is 0 Å². The molecule has 0 heterocycles. The Kier molecular flexibility index (Phi) is 14.6. The normalized spacial score (nSPS) is 10.6. The molecular formula is C21H32N2O9. The van der Waals surface area contributed by atoms with Crippen molar-refractivity contribution in [2.75, 3.05) is 78.9 Å². The molecule has 0 bridgehead atoms. The first-order valence-electron chi connectivity index (χ1n) is 10.1. The van der Waals surface area contributed by atoms with Gasteiger partial charge in [-0.25, -0.2) is 9.59 Å². The average molecular weight is 456 g/mol. The molecule has 32 heavy (non-hydrogen) atoms. The lowest BCUT2D eigenvalue weighted by atomic mass is 10.1. The first kappa shape index (κ1) is 27.5. The van der Waals surface area contributed by atoms with Crippen LogP contribution in [0.2, 0.25) is 0 Å². The van der Waals surface area contributed by atoms with Crippen molar-refractivity contribution in [3.63, 3.8) is 0 Å². The lowest BCUT2D eigenvalue weighted by molar-refractivity contribution is -0.117. The van der Waals surface area contributed by atoms with Gasteiger partial charge in [0.05, 0.1) is 84.6 Å². The number of amides is 1. The minimum atomic E-state index is -0.639. The van der Waals surface area contributed by atoms with Gasteiger partial charge >= 0.3 is 11.9 Å². The molecule has 1 rings (SSSR count). The summed E-state index contributed by atoms with van der Waals surface area (Å²) < 4.78 is 30.5. The second kappa shape index (κ2) is 17.0. The first-order chi connectivity index (χ1) is 15.5. The molecule has 0 aliphatic carbocycles. The van der Waals surface area contributed by atoms with E-state index in [4.69, 9.17) is 24.7 Å². The van der Waals surface area contributed by atoms with Crippen LogP contribution in [0.5, 0.6) is 0 Å². The molecule has 180 valence electrons. The molecule has 0 aromatic heterocycles. The summed E-state index contributed by atoms with van der Waals surface area (Å²) in [5.41, 5.74) is 5.81. The molecule has 1 aromatic carbocycles. The fraction of sp³-hybridized carbons (Fsp3) is 0.571. The van der Waals surface area contributed by atoms with Gasteiger partial charge < -0.3 is 39.5 Å². The molecule has 1 aromatic rings. The van der Waals surface area contributed by atoms with Gasteiger partial charge in [-0.1, -0.05) is 0 Å². The SMILES string of the molecule is COC(=O)c1cc(NC(=O)CCOCCOCCOCCOCCN)cc(C(=O)OC)c1. The van der Waals surface area contributed by atoms with Crippen molar-refractivity contribution in [3.05, 3.63) is 29.3 Å². The van der Waals surface area contributed by atoms with Crippen LogP contribution in [-0.2, 0) is 33.2 Å². The van der Waals surface area contributed by atoms with Crippen molar-refractivity contribution in [1.29, 1.82) is 0 Å². The summed E-state index contributed by atoms with van der Waals surface area (Å²) in [5.74, 6) is -1.62. The van der Waals surface area contributed by atoms with Gasteiger partial charge in [0, 0.05) is 12.2 Å². The molecule has 1 amide bonds. The minimum Gasteiger partial charge on any atom is -0.465 e. The Bertz CT molecular complexity index is 678. The van der Waals surface area contributed by atoms with Crippen molar-refractivity contribution < 1.29 is 42.8 Å². The molecule has 0 saturated heterocycles. The zero-order valence-electron chi connectivity index (χ0n) is 18.6. The average Bonchev–Trinajstić information content (AvgIpc) is 2.80. The summed E-state index contributed by atoms with van der Waals surface area (Å²) in [4.78, 5) is 35.7. The zero-order chi connectivity index (χ0) is 23.6. The fourth-order valence-electron chi connectivity index (χ4n) is 2.40. The minimum absolute atomic E-state index is 0.0852. The van der Waals surface area contributed by atoms with Gasteiger partial charge in [-0.3, -0.25) is 4.79 Å². The molecule has 3 N–H and O–H groups in total. The van der Waals surface area contributed by atoms with E-state index in [-0.39, 0.29) is 35.7 Å². The maximum absolute atomic E-state index is 12.1. The number of carbonyl (C=O) groups is 3. The van der Waals surface area contributed by atoms with Gasteiger partial charge in [0.15, 0.2) is 0 Å². The van der Waals surface area contributed by atoms with E-state index in [0.29, 0.717) is 52.8 Å². The largest absolute Gasteiger partial charge is 0.465 e. The van der Waals surface area contributed by atoms with Gasteiger partial charge in [0.1, 0.15) is 0 Å². The molecule has 0 radical (unpaired) electrons. The van der Waals surface area contributed by atoms with E-state index in [2.05, 4.69) is 14.8 Å². The number of carbonyl (C=O) groups excluding carboxylic acids is 3. The Hall–Kier alpha value is -2.57. The summed E-state index contributed by atoms with van der Waals surface area (Å²) in [6.07, 6.45) is 0.0852. The number of benzene rings is 1. The number of anilines is 1. The quantitative estimate of drug-likeness (QED) is 0.253. The highest BCUT2D eigenvalue weighted by Crippen LogP contribution is 2.17. The monoisotopic (exact) mass is 456 g/mol. The third-order valence-corrected chi connectivity index (χ3v) is 3.91. The molecule has 0 saturated carbocycles. The maximum Gasteiger partial charge on any atom is 0.337 e. The number of methoxy groups -OCH3 is 2. The van der Waals surface area contributed by atoms with Crippen LogP contribution in [0.25, 0.3) is 0 Å². The van der Waals surface area contributed by atoms with E-state index in [0.717, 1.165) is 0 Å². The summed E-state index contributed by atoms with van der Waals surface area (Å²) in [7, 11) is 2.44. The number of rotatable bonds is 17. The van der Waals surface area contributed by atoms with Crippen LogP contribution in [0.1, 0.15) is 27.1 Å². The molecule has 0 aliphatic heterocycles.